The summed E-state index contributed by atoms with van der Waals surface area (Å²) in [5.41, 5.74) is 0. The highest BCUT2D eigenvalue weighted by atomic mass is 32.7. The van der Waals surface area contributed by atoms with Crippen molar-refractivity contribution in [1.82, 2.24) is 0 Å². The highest BCUT2D eigenvalue weighted by Gasteiger charge is 1.41. The van der Waals surface area contributed by atoms with Crippen molar-refractivity contribution in [2.45, 2.75) is 0 Å². The van der Waals surface area contributed by atoms with Crippen LogP contribution in [0.1, 0.15) is 0 Å². The third-order valence-corrected chi connectivity index (χ3v) is 0. The summed E-state index contributed by atoms with van der Waals surface area (Å²) in [6, 6.07) is 0. The van der Waals surface area contributed by atoms with Gasteiger partial charge in [0.15, 0.2) is 10.0 Å². The SMILES string of the molecule is N#S(=O)P. The molecule has 2 nitrogen and oxygen atoms in total. The summed E-state index contributed by atoms with van der Waals surface area (Å²) in [5, 5.41) is 0. The lowest BCUT2D eigenvalue weighted by Gasteiger charge is -1.31. The van der Waals surface area contributed by atoms with E-state index in [1.807, 2.05) is 0 Å². The van der Waals surface area contributed by atoms with Crippen molar-refractivity contribution in [2.24, 2.45) is 0 Å². The smallest absolute Gasteiger partial charge is 0.174 e. The van der Waals surface area contributed by atoms with Crippen LogP contribution in [0.3, 0.4) is 0 Å². The number of rotatable bonds is 0. The fraction of sp³-hybridized carbons (Fsp3) is 0. The maximum absolute atomic E-state index is 9.07. The average Bonchev–Trinajstić information content (AvgIpc) is 0.811. The number of nitrogens with zero attached hydrogens (tertiary/aromatic N) is 1. The van der Waals surface area contributed by atoms with Gasteiger partial charge in [-0.1, -0.05) is 0 Å². The minimum absolute atomic E-state index is 1.69. The summed E-state index contributed by atoms with van der Waals surface area (Å²) in [6.07, 6.45) is 0. The third kappa shape index (κ3) is 114. The highest BCUT2D eigenvalue weighted by molar-refractivity contribution is 8.24. The van der Waals surface area contributed by atoms with E-state index in [0.717, 1.165) is 0 Å². The topological polar surface area (TPSA) is 40.9 Å². The van der Waals surface area contributed by atoms with Crippen molar-refractivity contribution in [3.63, 3.8) is 0 Å². The molecule has 0 heterocycles. The molecule has 0 spiro atoms. The lowest BCUT2D eigenvalue weighted by atomic mass is 14.0. The zero-order chi connectivity index (χ0) is 3.58. The first-order valence-corrected chi connectivity index (χ1v) is 3.17. The molecule has 0 rings (SSSR count). The van der Waals surface area contributed by atoms with Crippen LogP contribution in [0, 0.1) is 4.61 Å². The molecule has 4 heteroatoms. The zero-order valence-corrected chi connectivity index (χ0v) is 3.81. The Bertz CT molecular complexity index is 98.2. The molecule has 0 bridgehead atoms. The predicted molar refractivity (Wildman–Crippen MR) is 19.6 cm³/mol. The lowest BCUT2D eigenvalue weighted by Crippen LogP contribution is -1.27. The Kier molecular flexibility index (Phi) is 1.54. The zero-order valence-electron chi connectivity index (χ0n) is 1.84. The fourth-order valence-electron chi connectivity index (χ4n) is 0. The van der Waals surface area contributed by atoms with Crippen molar-refractivity contribution in [3.05, 3.63) is 0 Å². The van der Waals surface area contributed by atoms with Gasteiger partial charge in [0, 0.05) is 8.44 Å². The second kappa shape index (κ2) is 1.48. The van der Waals surface area contributed by atoms with Crippen LogP contribution < -0.4 is 0 Å². The molecule has 0 aliphatic carbocycles. The van der Waals surface area contributed by atoms with Gasteiger partial charge in [0.25, 0.3) is 0 Å². The maximum Gasteiger partial charge on any atom is 0.174 e. The first kappa shape index (κ1) is 4.16. The van der Waals surface area contributed by atoms with Gasteiger partial charge in [-0.3, -0.25) is 0 Å². The second-order valence-electron chi connectivity index (χ2n) is 0.276. The van der Waals surface area contributed by atoms with E-state index >= 15 is 0 Å². The van der Waals surface area contributed by atoms with Crippen LogP contribution in [0.25, 0.3) is 0 Å². The van der Waals surface area contributed by atoms with Gasteiger partial charge in [-0.2, -0.15) is 4.21 Å². The summed E-state index contributed by atoms with van der Waals surface area (Å²) in [5.74, 6) is 0. The molecule has 0 aromatic heterocycles. The standard InChI is InChI=1S/H2NOPS/c1-4(2)3/h3H2. The molecule has 0 radical (unpaired) electrons. The summed E-state index contributed by atoms with van der Waals surface area (Å²) in [6.45, 7) is 0. The van der Waals surface area contributed by atoms with Gasteiger partial charge >= 0.3 is 0 Å². The van der Waals surface area contributed by atoms with Gasteiger partial charge in [0.2, 0.25) is 0 Å². The highest BCUT2D eigenvalue weighted by Crippen LogP contribution is 1.68. The molecule has 0 aliphatic rings. The molecule has 4 heavy (non-hydrogen) atoms. The van der Waals surface area contributed by atoms with E-state index in [1.165, 1.54) is 0 Å². The molecule has 0 aromatic carbocycles. The van der Waals surface area contributed by atoms with E-state index in [0.29, 0.717) is 0 Å². The Labute approximate surface area is 28.2 Å². The number of hydrogen-bond donors (Lipinski definition) is 0. The molecule has 0 amide bonds. The van der Waals surface area contributed by atoms with Gasteiger partial charge in [-0.05, 0) is 0 Å². The van der Waals surface area contributed by atoms with Gasteiger partial charge in [0.05, 0.1) is 0 Å². The van der Waals surface area contributed by atoms with Gasteiger partial charge < -0.3 is 0 Å². The molecule has 0 fully saturated rings. The summed E-state index contributed by atoms with van der Waals surface area (Å²) < 4.78 is 16.6. The molecule has 24 valence electrons. The molecular weight excluding hydrogens is 93.0 g/mol. The fourth-order valence-corrected chi connectivity index (χ4v) is 0. The minimum atomic E-state index is -1.69. The van der Waals surface area contributed by atoms with Crippen LogP contribution in [0.2, 0.25) is 0 Å². The largest absolute Gasteiger partial charge is 0.192 e. The molecular formula is H2NOPS. The quantitative estimate of drug-likeness (QED) is 0.397. The van der Waals surface area contributed by atoms with E-state index in [1.54, 1.807) is 8.44 Å². The minimum Gasteiger partial charge on any atom is -0.192 e. The predicted octanol–water partition coefficient (Wildman–Crippen LogP) is 0.00458. The van der Waals surface area contributed by atoms with Crippen LogP contribution in [0.5, 0.6) is 0 Å². The Morgan fingerprint density at radius 2 is 2.00 bits per heavy atom. The van der Waals surface area contributed by atoms with Crippen LogP contribution in [-0.2, 0) is 10.0 Å². The summed E-state index contributed by atoms with van der Waals surface area (Å²) in [7, 11) is -0.00926. The van der Waals surface area contributed by atoms with Crippen molar-refractivity contribution in [1.29, 1.82) is 4.61 Å². The van der Waals surface area contributed by atoms with Crippen LogP contribution in [0.4, 0.5) is 0 Å². The molecule has 1 unspecified atom stereocenters. The average molecular weight is 95.1 g/mol. The Morgan fingerprint density at radius 1 is 2.00 bits per heavy atom. The monoisotopic (exact) mass is 95.0 g/mol. The Balaban J connectivity index is 3.85. The van der Waals surface area contributed by atoms with E-state index in [4.69, 9.17) is 8.82 Å². The van der Waals surface area contributed by atoms with Crippen LogP contribution in [0.15, 0.2) is 0 Å². The van der Waals surface area contributed by atoms with E-state index in [-0.39, 0.29) is 0 Å². The molecule has 1 atom stereocenters. The second-order valence-corrected chi connectivity index (χ2v) is 2.04. The maximum atomic E-state index is 9.07. The van der Waals surface area contributed by atoms with Crippen LogP contribution in [-0.4, -0.2) is 4.21 Å². The van der Waals surface area contributed by atoms with E-state index < -0.39 is 10.0 Å². The molecule has 0 saturated carbocycles. The van der Waals surface area contributed by atoms with Gasteiger partial charge in [0.1, 0.15) is 0 Å². The van der Waals surface area contributed by atoms with Crippen LogP contribution >= 0.6 is 8.44 Å². The normalized spacial score (nSPS) is 6.00. The van der Waals surface area contributed by atoms with Gasteiger partial charge in [-0.25, -0.2) is 0 Å². The molecule has 0 saturated heterocycles. The molecule has 0 aliphatic heterocycles. The van der Waals surface area contributed by atoms with Crippen molar-refractivity contribution >= 4 is 18.5 Å². The third-order valence-electron chi connectivity index (χ3n) is 0. The first-order chi connectivity index (χ1) is 1.73. The van der Waals surface area contributed by atoms with Crippen molar-refractivity contribution < 1.29 is 4.21 Å². The summed E-state index contributed by atoms with van der Waals surface area (Å²) >= 11 is 0. The van der Waals surface area contributed by atoms with E-state index in [2.05, 4.69) is 0 Å². The van der Waals surface area contributed by atoms with Crippen molar-refractivity contribution in [3.8, 4) is 0 Å². The van der Waals surface area contributed by atoms with E-state index in [9.17, 15) is 0 Å². The first-order valence-electron chi connectivity index (χ1n) is 0.585. The Morgan fingerprint density at radius 3 is 2.00 bits per heavy atom. The summed E-state index contributed by atoms with van der Waals surface area (Å²) in [4.78, 5) is 0. The lowest BCUT2D eigenvalue weighted by molar-refractivity contribution is 0.697. The molecule has 0 aromatic rings. The Hall–Kier alpha value is 0.160. The van der Waals surface area contributed by atoms with Crippen molar-refractivity contribution in [2.75, 3.05) is 0 Å². The number of hydrogen-bond acceptors (Lipinski definition) is 2. The van der Waals surface area contributed by atoms with Gasteiger partial charge in [-0.15, -0.1) is 4.61 Å². The molecule has 0 N–H and O–H groups in total.